The van der Waals surface area contributed by atoms with E-state index in [1.165, 1.54) is 6.07 Å². The lowest BCUT2D eigenvalue weighted by Crippen LogP contribution is -2.02. The summed E-state index contributed by atoms with van der Waals surface area (Å²) in [5.74, 6) is 0. The van der Waals surface area contributed by atoms with E-state index in [2.05, 4.69) is 10.3 Å². The number of nitro groups is 1. The quantitative estimate of drug-likeness (QED) is 0.689. The van der Waals surface area contributed by atoms with E-state index < -0.39 is 4.92 Å². The molecule has 0 saturated carbocycles. The fraction of sp³-hybridized carbons (Fsp3) is 0.231. The molecule has 0 amide bonds. The summed E-state index contributed by atoms with van der Waals surface area (Å²) in [6, 6.07) is 6.25. The molecule has 1 N–H and O–H groups in total. The molecule has 2 rings (SSSR count). The van der Waals surface area contributed by atoms with E-state index in [0.717, 1.165) is 15.6 Å². The molecule has 20 heavy (non-hydrogen) atoms. The number of benzene rings is 1. The number of aromatic nitrogens is 1. The Morgan fingerprint density at radius 2 is 2.25 bits per heavy atom. The third-order valence-electron chi connectivity index (χ3n) is 2.83. The van der Waals surface area contributed by atoms with Crippen LogP contribution in [-0.4, -0.2) is 9.91 Å². The lowest BCUT2D eigenvalue weighted by molar-refractivity contribution is -0.384. The van der Waals surface area contributed by atoms with Crippen LogP contribution in [0.15, 0.2) is 18.2 Å². The molecule has 1 aromatic carbocycles. The molecule has 0 aliphatic carbocycles. The van der Waals surface area contributed by atoms with Crippen molar-refractivity contribution in [2.45, 2.75) is 20.4 Å². The number of thiazole rings is 1. The summed E-state index contributed by atoms with van der Waals surface area (Å²) < 4.78 is 0. The Morgan fingerprint density at radius 3 is 2.80 bits per heavy atom. The second-order valence-electron chi connectivity index (χ2n) is 4.20. The van der Waals surface area contributed by atoms with Gasteiger partial charge in [0.2, 0.25) is 0 Å². The van der Waals surface area contributed by atoms with Crippen molar-refractivity contribution in [2.24, 2.45) is 0 Å². The molecule has 0 aliphatic heterocycles. The number of aryl methyl sites for hydroxylation is 2. The Hall–Kier alpha value is -2.46. The van der Waals surface area contributed by atoms with Crippen molar-refractivity contribution in [1.82, 2.24) is 4.98 Å². The molecule has 0 atom stereocenters. The highest BCUT2D eigenvalue weighted by Crippen LogP contribution is 2.26. The Labute approximate surface area is 119 Å². The number of nitrogens with one attached hydrogen (secondary N) is 1. The van der Waals surface area contributed by atoms with Crippen LogP contribution in [0.1, 0.15) is 21.1 Å². The van der Waals surface area contributed by atoms with Gasteiger partial charge in [-0.2, -0.15) is 5.26 Å². The average molecular weight is 288 g/mol. The SMILES string of the molecule is Cc1nc(CNc2ccc(C#N)cc2[N+](=O)[O-])sc1C. The number of nitro benzene ring substituents is 1. The van der Waals surface area contributed by atoms with Crippen molar-refractivity contribution in [3.05, 3.63) is 49.5 Å². The first-order valence-corrected chi connectivity index (χ1v) is 6.68. The van der Waals surface area contributed by atoms with E-state index in [1.807, 2.05) is 19.9 Å². The van der Waals surface area contributed by atoms with E-state index in [1.54, 1.807) is 23.5 Å². The first kappa shape index (κ1) is 14.0. The van der Waals surface area contributed by atoms with Crippen molar-refractivity contribution in [3.63, 3.8) is 0 Å². The third-order valence-corrected chi connectivity index (χ3v) is 3.90. The highest BCUT2D eigenvalue weighted by molar-refractivity contribution is 7.11. The van der Waals surface area contributed by atoms with Gasteiger partial charge in [0.25, 0.3) is 5.69 Å². The summed E-state index contributed by atoms with van der Waals surface area (Å²) in [6.45, 7) is 4.34. The van der Waals surface area contributed by atoms with Crippen LogP contribution in [0.3, 0.4) is 0 Å². The molecular formula is C13H12N4O2S. The molecule has 7 heteroatoms. The zero-order chi connectivity index (χ0) is 14.7. The van der Waals surface area contributed by atoms with Gasteiger partial charge in [-0.3, -0.25) is 10.1 Å². The number of hydrogen-bond donors (Lipinski definition) is 1. The Bertz CT molecular complexity index is 683. The second kappa shape index (κ2) is 5.67. The lowest BCUT2D eigenvalue weighted by atomic mass is 10.2. The van der Waals surface area contributed by atoms with Crippen LogP contribution in [0.2, 0.25) is 0 Å². The van der Waals surface area contributed by atoms with Crippen molar-refractivity contribution in [2.75, 3.05) is 5.32 Å². The van der Waals surface area contributed by atoms with Crippen LogP contribution in [0.4, 0.5) is 11.4 Å². The van der Waals surface area contributed by atoms with Gasteiger partial charge in [0.05, 0.1) is 28.8 Å². The van der Waals surface area contributed by atoms with Gasteiger partial charge in [-0.05, 0) is 26.0 Å². The predicted molar refractivity (Wildman–Crippen MR) is 76.7 cm³/mol. The summed E-state index contributed by atoms with van der Waals surface area (Å²) >= 11 is 1.56. The molecule has 0 aliphatic rings. The fourth-order valence-electron chi connectivity index (χ4n) is 1.69. The number of rotatable bonds is 4. The number of nitriles is 1. The molecule has 0 fully saturated rings. The normalized spacial score (nSPS) is 10.1. The molecule has 0 spiro atoms. The highest BCUT2D eigenvalue weighted by Gasteiger charge is 2.15. The summed E-state index contributed by atoms with van der Waals surface area (Å²) in [6.07, 6.45) is 0. The molecule has 102 valence electrons. The van der Waals surface area contributed by atoms with E-state index in [-0.39, 0.29) is 11.3 Å². The van der Waals surface area contributed by atoms with E-state index in [9.17, 15) is 10.1 Å². The first-order valence-electron chi connectivity index (χ1n) is 5.86. The van der Waals surface area contributed by atoms with Gasteiger partial charge >= 0.3 is 0 Å². The minimum atomic E-state index is -0.498. The molecule has 0 radical (unpaired) electrons. The summed E-state index contributed by atoms with van der Waals surface area (Å²) in [4.78, 5) is 16.0. The number of anilines is 1. The first-order chi connectivity index (χ1) is 9.51. The summed E-state index contributed by atoms with van der Waals surface area (Å²) in [7, 11) is 0. The van der Waals surface area contributed by atoms with Gasteiger partial charge in [0.15, 0.2) is 0 Å². The van der Waals surface area contributed by atoms with Crippen LogP contribution in [0.25, 0.3) is 0 Å². The molecule has 0 saturated heterocycles. The number of hydrogen-bond acceptors (Lipinski definition) is 6. The maximum Gasteiger partial charge on any atom is 0.293 e. The third kappa shape index (κ3) is 2.92. The maximum absolute atomic E-state index is 11.0. The molecule has 1 aromatic heterocycles. The van der Waals surface area contributed by atoms with Crippen molar-refractivity contribution >= 4 is 22.7 Å². The molecule has 0 bridgehead atoms. The summed E-state index contributed by atoms with van der Waals surface area (Å²) in [5.41, 5.74) is 1.53. The Kier molecular flexibility index (Phi) is 3.96. The molecule has 6 nitrogen and oxygen atoms in total. The topological polar surface area (TPSA) is 91.8 Å². The smallest absolute Gasteiger partial charge is 0.293 e. The van der Waals surface area contributed by atoms with Crippen molar-refractivity contribution in [1.29, 1.82) is 5.26 Å². The van der Waals surface area contributed by atoms with Gasteiger partial charge in [-0.15, -0.1) is 11.3 Å². The van der Waals surface area contributed by atoms with Gasteiger partial charge in [-0.1, -0.05) is 0 Å². The fourth-order valence-corrected chi connectivity index (χ4v) is 2.56. The predicted octanol–water partition coefficient (Wildman–Crippen LogP) is 3.15. The largest absolute Gasteiger partial charge is 0.373 e. The van der Waals surface area contributed by atoms with Gasteiger partial charge in [-0.25, -0.2) is 4.98 Å². The zero-order valence-corrected chi connectivity index (χ0v) is 11.8. The minimum Gasteiger partial charge on any atom is -0.373 e. The van der Waals surface area contributed by atoms with Crippen LogP contribution in [0, 0.1) is 35.3 Å². The van der Waals surface area contributed by atoms with Gasteiger partial charge in [0.1, 0.15) is 10.7 Å². The zero-order valence-electron chi connectivity index (χ0n) is 11.0. The van der Waals surface area contributed by atoms with Crippen molar-refractivity contribution < 1.29 is 4.92 Å². The van der Waals surface area contributed by atoms with Gasteiger partial charge in [0, 0.05) is 10.9 Å². The van der Waals surface area contributed by atoms with Crippen molar-refractivity contribution in [3.8, 4) is 6.07 Å². The van der Waals surface area contributed by atoms with E-state index in [0.29, 0.717) is 12.2 Å². The van der Waals surface area contributed by atoms with E-state index >= 15 is 0 Å². The average Bonchev–Trinajstić information content (AvgIpc) is 2.75. The molecule has 2 aromatic rings. The summed E-state index contributed by atoms with van der Waals surface area (Å²) in [5, 5.41) is 23.7. The molecule has 0 unspecified atom stereocenters. The Balaban J connectivity index is 2.21. The maximum atomic E-state index is 11.0. The Morgan fingerprint density at radius 1 is 1.50 bits per heavy atom. The number of nitrogens with zero attached hydrogens (tertiary/aromatic N) is 3. The monoisotopic (exact) mass is 288 g/mol. The second-order valence-corrected chi connectivity index (χ2v) is 5.49. The highest BCUT2D eigenvalue weighted by atomic mass is 32.1. The van der Waals surface area contributed by atoms with Crippen LogP contribution >= 0.6 is 11.3 Å². The standard InChI is InChI=1S/C13H12N4O2S/c1-8-9(2)20-13(16-8)7-15-11-4-3-10(6-14)5-12(11)17(18)19/h3-5,15H,7H2,1-2H3. The van der Waals surface area contributed by atoms with E-state index in [4.69, 9.17) is 5.26 Å². The molecule has 1 heterocycles. The lowest BCUT2D eigenvalue weighted by Gasteiger charge is -2.05. The molecular weight excluding hydrogens is 276 g/mol. The van der Waals surface area contributed by atoms with Crippen LogP contribution < -0.4 is 5.32 Å². The van der Waals surface area contributed by atoms with Crippen LogP contribution in [0.5, 0.6) is 0 Å². The minimum absolute atomic E-state index is 0.103. The van der Waals surface area contributed by atoms with Gasteiger partial charge < -0.3 is 5.32 Å². The van der Waals surface area contributed by atoms with Crippen LogP contribution in [-0.2, 0) is 6.54 Å².